The van der Waals surface area contributed by atoms with E-state index in [9.17, 15) is 10.4 Å². The molecule has 1 saturated heterocycles. The Labute approximate surface area is 145 Å². The maximum atomic E-state index is 12.4. The third kappa shape index (κ3) is 3.64. The molecule has 1 aliphatic rings. The van der Waals surface area contributed by atoms with Gasteiger partial charge in [-0.25, -0.2) is 4.73 Å². The molecule has 0 amide bonds. The van der Waals surface area contributed by atoms with Crippen molar-refractivity contribution in [3.8, 4) is 11.8 Å². The normalized spacial score (nSPS) is 17.5. The molecule has 2 heterocycles. The first-order chi connectivity index (χ1) is 12.1. The number of nitriles is 1. The van der Waals surface area contributed by atoms with Gasteiger partial charge in [0.15, 0.2) is 5.52 Å². The Bertz CT molecular complexity index is 807. The largest absolute Gasteiger partial charge is 0.739 e. The van der Waals surface area contributed by atoms with Crippen LogP contribution in [-0.4, -0.2) is 43.3 Å². The molecule has 0 saturated carbocycles. The molecule has 9 heteroatoms. The van der Waals surface area contributed by atoms with Crippen LogP contribution in [-0.2, 0) is 0 Å². The molecule has 1 fully saturated rings. The maximum Gasteiger partial charge on any atom is 0.460 e. The van der Waals surface area contributed by atoms with E-state index in [0.717, 1.165) is 32.5 Å². The first-order valence-corrected chi connectivity index (χ1v) is 8.19. The van der Waals surface area contributed by atoms with Gasteiger partial charge in [0.1, 0.15) is 5.75 Å². The Morgan fingerprint density at radius 1 is 1.44 bits per heavy atom. The number of hydrogen-bond donors (Lipinski definition) is 1. The van der Waals surface area contributed by atoms with Gasteiger partial charge >= 0.3 is 5.95 Å². The van der Waals surface area contributed by atoms with Crippen molar-refractivity contribution in [1.29, 1.82) is 5.26 Å². The quantitative estimate of drug-likeness (QED) is 0.451. The first kappa shape index (κ1) is 17.0. The van der Waals surface area contributed by atoms with Gasteiger partial charge in [0.25, 0.3) is 5.52 Å². The molecule has 0 radical (unpaired) electrons. The Kier molecular flexibility index (Phi) is 5.00. The van der Waals surface area contributed by atoms with Crippen molar-refractivity contribution < 1.29 is 14.3 Å². The fourth-order valence-electron chi connectivity index (χ4n) is 3.00. The highest BCUT2D eigenvalue weighted by Gasteiger charge is 2.23. The van der Waals surface area contributed by atoms with Crippen LogP contribution >= 0.6 is 0 Å². The monoisotopic (exact) mass is 344 g/mol. The lowest BCUT2D eigenvalue weighted by Gasteiger charge is -2.14. The van der Waals surface area contributed by atoms with Crippen LogP contribution < -0.4 is 19.6 Å². The minimum Gasteiger partial charge on any atom is -0.739 e. The summed E-state index contributed by atoms with van der Waals surface area (Å²) in [6.07, 6.45) is 1.70. The summed E-state index contributed by atoms with van der Waals surface area (Å²) in [5.74, 6) is 0.579. The van der Waals surface area contributed by atoms with E-state index in [1.165, 1.54) is 19.2 Å². The van der Waals surface area contributed by atoms with Gasteiger partial charge in [0.05, 0.1) is 25.6 Å². The van der Waals surface area contributed by atoms with Crippen LogP contribution in [0.2, 0.25) is 0 Å². The molecule has 1 aromatic carbocycles. The summed E-state index contributed by atoms with van der Waals surface area (Å²) in [7, 11) is 1.50. The highest BCUT2D eigenvalue weighted by molar-refractivity contribution is 5.70. The molecule has 1 unspecified atom stereocenters. The predicted molar refractivity (Wildman–Crippen MR) is 89.5 cm³/mol. The number of nitrogens with one attached hydrogen (secondary N) is 1. The van der Waals surface area contributed by atoms with Gasteiger partial charge in [-0.2, -0.15) is 5.26 Å². The molecule has 1 atom stereocenters. The van der Waals surface area contributed by atoms with Gasteiger partial charge in [-0.1, -0.05) is 0 Å². The Hall–Kier alpha value is -2.86. The SMILES string of the molecule is COc1ccc2c(c1)[n+]([O-])c(NCCCN1CCC(C#N)C1)n[n+]2[O-]. The Balaban J connectivity index is 1.63. The molecule has 9 nitrogen and oxygen atoms in total. The van der Waals surface area contributed by atoms with Crippen LogP contribution in [0.25, 0.3) is 11.0 Å². The van der Waals surface area contributed by atoms with Crippen molar-refractivity contribution in [1.82, 2.24) is 10.00 Å². The number of fused-ring (bicyclic) bond motifs is 1. The van der Waals surface area contributed by atoms with Gasteiger partial charge < -0.3 is 20.1 Å². The fourth-order valence-corrected chi connectivity index (χ4v) is 3.00. The van der Waals surface area contributed by atoms with Crippen molar-refractivity contribution in [2.45, 2.75) is 12.8 Å². The molecular weight excluding hydrogens is 324 g/mol. The second-order valence-electron chi connectivity index (χ2n) is 6.04. The molecule has 2 aromatic rings. The zero-order valence-corrected chi connectivity index (χ0v) is 14.0. The third-order valence-electron chi connectivity index (χ3n) is 4.37. The Morgan fingerprint density at radius 2 is 2.28 bits per heavy atom. The average molecular weight is 344 g/mol. The number of benzene rings is 1. The molecule has 1 N–H and O–H groups in total. The number of rotatable bonds is 6. The van der Waals surface area contributed by atoms with Gasteiger partial charge in [-0.15, -0.1) is 0 Å². The molecule has 132 valence electrons. The van der Waals surface area contributed by atoms with Crippen molar-refractivity contribution in [2.75, 3.05) is 38.6 Å². The molecule has 3 rings (SSSR count). The molecule has 25 heavy (non-hydrogen) atoms. The van der Waals surface area contributed by atoms with E-state index in [0.29, 0.717) is 21.9 Å². The summed E-state index contributed by atoms with van der Waals surface area (Å²) in [5, 5.41) is 40.0. The van der Waals surface area contributed by atoms with Crippen LogP contribution in [0, 0.1) is 27.7 Å². The second-order valence-corrected chi connectivity index (χ2v) is 6.04. The summed E-state index contributed by atoms with van der Waals surface area (Å²) in [5.41, 5.74) is 0.379. The van der Waals surface area contributed by atoms with E-state index in [2.05, 4.69) is 21.4 Å². The van der Waals surface area contributed by atoms with E-state index < -0.39 is 0 Å². The number of nitrogens with zero attached hydrogens (tertiary/aromatic N) is 5. The van der Waals surface area contributed by atoms with Crippen LogP contribution in [0.3, 0.4) is 0 Å². The van der Waals surface area contributed by atoms with Crippen LogP contribution in [0.4, 0.5) is 5.95 Å². The topological polar surface area (TPSA) is 115 Å². The number of methoxy groups -OCH3 is 1. The first-order valence-electron chi connectivity index (χ1n) is 8.19. The molecule has 0 aliphatic carbocycles. The van der Waals surface area contributed by atoms with Crippen LogP contribution in [0.5, 0.6) is 5.75 Å². The summed E-state index contributed by atoms with van der Waals surface area (Å²) in [6, 6.07) is 6.91. The lowest BCUT2D eigenvalue weighted by molar-refractivity contribution is -0.672. The standard InChI is InChI=1S/C16H20N6O3/c1-25-13-3-4-14-15(9-13)21(23)16(19-22(14)24)18-6-2-7-20-8-5-12(10-17)11-20/h3-4,9,12H,2,5-8,11H2,1H3,(H,18,19). The highest BCUT2D eigenvalue weighted by atomic mass is 16.5. The third-order valence-corrected chi connectivity index (χ3v) is 4.37. The average Bonchev–Trinajstić information content (AvgIpc) is 3.10. The number of ether oxygens (including phenoxy) is 1. The predicted octanol–water partition coefficient (Wildman–Crippen LogP) is 0.158. The second kappa shape index (κ2) is 7.36. The van der Waals surface area contributed by atoms with Gasteiger partial charge in [0.2, 0.25) is 5.10 Å². The summed E-state index contributed by atoms with van der Waals surface area (Å²) in [6.45, 7) is 3.07. The van der Waals surface area contributed by atoms with E-state index >= 15 is 0 Å². The summed E-state index contributed by atoms with van der Waals surface area (Å²) >= 11 is 0. The Morgan fingerprint density at radius 3 is 3.00 bits per heavy atom. The number of hydrogen-bond acceptors (Lipinski definition) is 7. The molecule has 1 aliphatic heterocycles. The van der Waals surface area contributed by atoms with Crippen LogP contribution in [0.15, 0.2) is 18.2 Å². The van der Waals surface area contributed by atoms with Crippen molar-refractivity contribution in [3.05, 3.63) is 28.6 Å². The molecule has 0 spiro atoms. The van der Waals surface area contributed by atoms with E-state index in [1.807, 2.05) is 0 Å². The zero-order valence-electron chi connectivity index (χ0n) is 14.0. The zero-order chi connectivity index (χ0) is 17.8. The van der Waals surface area contributed by atoms with E-state index in [4.69, 9.17) is 10.00 Å². The molecular formula is C16H20N6O3. The number of aromatic nitrogens is 3. The van der Waals surface area contributed by atoms with Gasteiger partial charge in [-0.3, -0.25) is 5.32 Å². The van der Waals surface area contributed by atoms with Gasteiger partial charge in [0, 0.05) is 30.1 Å². The lowest BCUT2D eigenvalue weighted by atomic mass is 10.1. The number of anilines is 1. The minimum absolute atomic E-state index is 0.0351. The summed E-state index contributed by atoms with van der Waals surface area (Å²) in [4.78, 5) is 2.66. The number of likely N-dealkylation sites (tertiary alicyclic amines) is 1. The van der Waals surface area contributed by atoms with E-state index in [-0.39, 0.29) is 22.9 Å². The van der Waals surface area contributed by atoms with E-state index in [1.54, 1.807) is 6.07 Å². The van der Waals surface area contributed by atoms with Crippen molar-refractivity contribution in [3.63, 3.8) is 0 Å². The van der Waals surface area contributed by atoms with Crippen molar-refractivity contribution in [2.24, 2.45) is 5.92 Å². The lowest BCUT2D eigenvalue weighted by Crippen LogP contribution is -2.44. The summed E-state index contributed by atoms with van der Waals surface area (Å²) < 4.78 is 5.70. The highest BCUT2D eigenvalue weighted by Crippen LogP contribution is 2.16. The fraction of sp³-hybridized carbons (Fsp3) is 0.500. The maximum absolute atomic E-state index is 12.4. The van der Waals surface area contributed by atoms with Crippen molar-refractivity contribution >= 4 is 17.0 Å². The smallest absolute Gasteiger partial charge is 0.460 e. The van der Waals surface area contributed by atoms with Crippen LogP contribution in [0.1, 0.15) is 12.8 Å². The molecule has 0 bridgehead atoms. The van der Waals surface area contributed by atoms with Gasteiger partial charge in [-0.05, 0) is 25.5 Å². The molecule has 1 aromatic heterocycles. The minimum atomic E-state index is -0.0351.